The molecule has 2 amide bonds. The highest BCUT2D eigenvalue weighted by molar-refractivity contribution is 8.18. The molecule has 0 aromatic rings. The average Bonchev–Trinajstić information content (AvgIpc) is 2.29. The van der Waals surface area contributed by atoms with Crippen molar-refractivity contribution in [2.75, 3.05) is 0 Å². The van der Waals surface area contributed by atoms with Crippen molar-refractivity contribution in [3.63, 3.8) is 0 Å². The highest BCUT2D eigenvalue weighted by Gasteiger charge is 2.24. The number of allylic oxidation sites excluding steroid dienone is 1. The normalized spacial score (nSPS) is 20.1. The van der Waals surface area contributed by atoms with Crippen LogP contribution in [0.5, 0.6) is 0 Å². The van der Waals surface area contributed by atoms with Crippen molar-refractivity contribution in [3.05, 3.63) is 11.0 Å². The fourth-order valence-electron chi connectivity index (χ4n) is 1.01. The lowest BCUT2D eigenvalue weighted by molar-refractivity contribution is -0.115. The number of rotatable bonds is 3. The molecule has 1 aliphatic rings. The maximum Gasteiger partial charge on any atom is 0.290 e. The van der Waals surface area contributed by atoms with Crippen molar-refractivity contribution < 1.29 is 9.59 Å². The van der Waals surface area contributed by atoms with Crippen LogP contribution in [0.1, 0.15) is 26.7 Å². The van der Waals surface area contributed by atoms with Crippen molar-refractivity contribution >= 4 is 22.9 Å². The van der Waals surface area contributed by atoms with E-state index in [4.69, 9.17) is 0 Å². The van der Waals surface area contributed by atoms with E-state index in [9.17, 15) is 9.59 Å². The molecule has 0 spiro atoms. The molecule has 4 heteroatoms. The van der Waals surface area contributed by atoms with Crippen LogP contribution in [0, 0.1) is 5.92 Å². The second-order valence-corrected chi connectivity index (χ2v) is 4.40. The Kier molecular flexibility index (Phi) is 3.54. The molecular weight excluding hydrogens is 186 g/mol. The van der Waals surface area contributed by atoms with Gasteiger partial charge in [0.1, 0.15) is 0 Å². The highest BCUT2D eigenvalue weighted by atomic mass is 32.2. The molecule has 1 rings (SSSR count). The summed E-state index contributed by atoms with van der Waals surface area (Å²) in [4.78, 5) is 22.3. The number of imide groups is 1. The van der Waals surface area contributed by atoms with E-state index in [-0.39, 0.29) is 11.1 Å². The SMILES string of the molecule is CC(C)CC/C=C1/SC(=O)NC1=O. The molecule has 1 fully saturated rings. The maximum atomic E-state index is 11.0. The third-order valence-corrected chi connectivity index (χ3v) is 2.58. The Balaban J connectivity index is 2.43. The van der Waals surface area contributed by atoms with Gasteiger partial charge in [0, 0.05) is 0 Å². The van der Waals surface area contributed by atoms with Crippen LogP contribution < -0.4 is 5.32 Å². The Morgan fingerprint density at radius 1 is 1.46 bits per heavy atom. The number of hydrogen-bond acceptors (Lipinski definition) is 3. The summed E-state index contributed by atoms with van der Waals surface area (Å²) in [6.07, 6.45) is 3.75. The number of carbonyl (C=O) groups is 2. The quantitative estimate of drug-likeness (QED) is 0.709. The van der Waals surface area contributed by atoms with Crippen LogP contribution >= 0.6 is 11.8 Å². The summed E-state index contributed by atoms with van der Waals surface area (Å²) < 4.78 is 0. The molecule has 13 heavy (non-hydrogen) atoms. The molecular formula is C9H13NO2S. The Morgan fingerprint density at radius 2 is 2.15 bits per heavy atom. The highest BCUT2D eigenvalue weighted by Crippen LogP contribution is 2.23. The van der Waals surface area contributed by atoms with Gasteiger partial charge in [0.25, 0.3) is 11.1 Å². The topological polar surface area (TPSA) is 46.2 Å². The van der Waals surface area contributed by atoms with E-state index in [2.05, 4.69) is 19.2 Å². The fraction of sp³-hybridized carbons (Fsp3) is 0.556. The number of hydrogen-bond donors (Lipinski definition) is 1. The second kappa shape index (κ2) is 4.46. The van der Waals surface area contributed by atoms with Crippen LogP contribution in [0.4, 0.5) is 4.79 Å². The number of thioether (sulfide) groups is 1. The van der Waals surface area contributed by atoms with Gasteiger partial charge in [-0.25, -0.2) is 0 Å². The lowest BCUT2D eigenvalue weighted by Gasteiger charge is -1.99. The molecule has 1 heterocycles. The molecule has 0 unspecified atom stereocenters. The van der Waals surface area contributed by atoms with Gasteiger partial charge in [-0.1, -0.05) is 19.9 Å². The summed E-state index contributed by atoms with van der Waals surface area (Å²) in [6.45, 7) is 4.26. The van der Waals surface area contributed by atoms with E-state index in [1.54, 1.807) is 0 Å². The first kappa shape index (κ1) is 10.3. The predicted molar refractivity (Wildman–Crippen MR) is 53.3 cm³/mol. The molecule has 3 nitrogen and oxygen atoms in total. The lowest BCUT2D eigenvalue weighted by atomic mass is 10.1. The monoisotopic (exact) mass is 199 g/mol. The molecule has 1 N–H and O–H groups in total. The van der Waals surface area contributed by atoms with Crippen LogP contribution in [-0.2, 0) is 4.79 Å². The van der Waals surface area contributed by atoms with Crippen molar-refractivity contribution in [1.29, 1.82) is 0 Å². The largest absolute Gasteiger partial charge is 0.290 e. The van der Waals surface area contributed by atoms with Gasteiger partial charge in [-0.15, -0.1) is 0 Å². The molecule has 1 saturated heterocycles. The van der Waals surface area contributed by atoms with Gasteiger partial charge >= 0.3 is 0 Å². The molecule has 0 bridgehead atoms. The van der Waals surface area contributed by atoms with E-state index in [1.165, 1.54) is 0 Å². The smallest absolute Gasteiger partial charge is 0.282 e. The minimum Gasteiger partial charge on any atom is -0.282 e. The zero-order chi connectivity index (χ0) is 9.84. The van der Waals surface area contributed by atoms with Crippen LogP contribution in [0.25, 0.3) is 0 Å². The summed E-state index contributed by atoms with van der Waals surface area (Å²) in [5.74, 6) is 0.376. The maximum absolute atomic E-state index is 11.0. The van der Waals surface area contributed by atoms with E-state index >= 15 is 0 Å². The van der Waals surface area contributed by atoms with Crippen molar-refractivity contribution in [2.24, 2.45) is 5.92 Å². The van der Waals surface area contributed by atoms with E-state index in [0.717, 1.165) is 24.6 Å². The zero-order valence-electron chi connectivity index (χ0n) is 7.79. The average molecular weight is 199 g/mol. The Bertz CT molecular complexity index is 258. The van der Waals surface area contributed by atoms with Gasteiger partial charge in [0.2, 0.25) is 0 Å². The molecule has 0 aromatic heterocycles. The fourth-order valence-corrected chi connectivity index (χ4v) is 1.70. The van der Waals surface area contributed by atoms with Crippen LogP contribution in [0.3, 0.4) is 0 Å². The minimum atomic E-state index is -0.263. The van der Waals surface area contributed by atoms with Gasteiger partial charge in [-0.05, 0) is 30.5 Å². The minimum absolute atomic E-state index is 0.251. The summed E-state index contributed by atoms with van der Waals surface area (Å²) in [5.41, 5.74) is 0. The third-order valence-electron chi connectivity index (χ3n) is 1.72. The van der Waals surface area contributed by atoms with Gasteiger partial charge in [-0.2, -0.15) is 0 Å². The molecule has 0 aliphatic carbocycles. The second-order valence-electron chi connectivity index (χ2n) is 3.38. The molecule has 1 aliphatic heterocycles. The standard InChI is InChI=1S/C9H13NO2S/c1-6(2)4-3-5-7-8(11)10-9(12)13-7/h5-6H,3-4H2,1-2H3,(H,10,11,12)/b7-5+. The third kappa shape index (κ3) is 3.22. The van der Waals surface area contributed by atoms with E-state index in [0.29, 0.717) is 10.8 Å². The first-order chi connectivity index (χ1) is 6.09. The summed E-state index contributed by atoms with van der Waals surface area (Å²) in [6, 6.07) is 0. The zero-order valence-corrected chi connectivity index (χ0v) is 8.61. The molecule has 72 valence electrons. The molecule has 0 saturated carbocycles. The summed E-state index contributed by atoms with van der Waals surface area (Å²) >= 11 is 0.987. The number of amides is 2. The van der Waals surface area contributed by atoms with Crippen LogP contribution in [-0.4, -0.2) is 11.1 Å². The summed E-state index contributed by atoms with van der Waals surface area (Å²) in [7, 11) is 0. The van der Waals surface area contributed by atoms with Crippen molar-refractivity contribution in [2.45, 2.75) is 26.7 Å². The molecule has 0 atom stereocenters. The molecule has 0 radical (unpaired) electrons. The van der Waals surface area contributed by atoms with E-state index in [1.807, 2.05) is 6.08 Å². The predicted octanol–water partition coefficient (Wildman–Crippen LogP) is 2.29. The first-order valence-corrected chi connectivity index (χ1v) is 5.14. The number of nitrogens with one attached hydrogen (secondary N) is 1. The summed E-state index contributed by atoms with van der Waals surface area (Å²) in [5, 5.41) is 1.96. The van der Waals surface area contributed by atoms with Gasteiger partial charge in [0.05, 0.1) is 4.91 Å². The van der Waals surface area contributed by atoms with Crippen molar-refractivity contribution in [3.8, 4) is 0 Å². The lowest BCUT2D eigenvalue weighted by Crippen LogP contribution is -2.17. The van der Waals surface area contributed by atoms with E-state index < -0.39 is 0 Å². The van der Waals surface area contributed by atoms with Gasteiger partial charge < -0.3 is 0 Å². The van der Waals surface area contributed by atoms with Crippen molar-refractivity contribution in [1.82, 2.24) is 5.32 Å². The Hall–Kier alpha value is -0.770. The Morgan fingerprint density at radius 3 is 2.62 bits per heavy atom. The Labute approximate surface area is 82.0 Å². The van der Waals surface area contributed by atoms with Gasteiger partial charge in [0.15, 0.2) is 0 Å². The molecule has 0 aromatic carbocycles. The van der Waals surface area contributed by atoms with Crippen LogP contribution in [0.2, 0.25) is 0 Å². The van der Waals surface area contributed by atoms with Crippen LogP contribution in [0.15, 0.2) is 11.0 Å². The number of carbonyl (C=O) groups excluding carboxylic acids is 2. The first-order valence-electron chi connectivity index (χ1n) is 4.33. The van der Waals surface area contributed by atoms with Gasteiger partial charge in [-0.3, -0.25) is 14.9 Å².